The van der Waals surface area contributed by atoms with Crippen molar-refractivity contribution < 1.29 is 4.74 Å². The highest BCUT2D eigenvalue weighted by Crippen LogP contribution is 2.23. The predicted molar refractivity (Wildman–Crippen MR) is 73.3 cm³/mol. The highest BCUT2D eigenvalue weighted by atomic mass is 16.5. The van der Waals surface area contributed by atoms with Crippen LogP contribution in [0.15, 0.2) is 48.7 Å². The fourth-order valence-electron chi connectivity index (χ4n) is 1.63. The molecule has 4 nitrogen and oxygen atoms in total. The van der Waals surface area contributed by atoms with E-state index in [2.05, 4.69) is 4.98 Å². The van der Waals surface area contributed by atoms with E-state index >= 15 is 0 Å². The van der Waals surface area contributed by atoms with Gasteiger partial charge >= 0.3 is 0 Å². The van der Waals surface area contributed by atoms with Gasteiger partial charge in [-0.05, 0) is 36.4 Å². The van der Waals surface area contributed by atoms with Crippen molar-refractivity contribution in [1.82, 2.24) is 4.98 Å². The maximum absolute atomic E-state index is 5.44. The van der Waals surface area contributed by atoms with Gasteiger partial charge in [-0.1, -0.05) is 6.07 Å². The molecule has 0 fully saturated rings. The van der Waals surface area contributed by atoms with Gasteiger partial charge in [-0.25, -0.2) is 4.98 Å². The minimum atomic E-state index is 0.523. The molecule has 1 aromatic heterocycles. The molecule has 0 unspecified atom stereocenters. The summed E-state index contributed by atoms with van der Waals surface area (Å²) in [6.07, 6.45) is 1.78. The number of anilines is 2. The van der Waals surface area contributed by atoms with Crippen LogP contribution in [0.4, 0.5) is 11.5 Å². The fraction of sp³-hybridized carbons (Fsp3) is 0.214. The first-order valence-electron chi connectivity index (χ1n) is 5.89. The summed E-state index contributed by atoms with van der Waals surface area (Å²) in [5.41, 5.74) is 6.45. The normalized spacial score (nSPS) is 10.1. The minimum Gasteiger partial charge on any atom is -0.492 e. The Bertz CT molecular complexity index is 470. The van der Waals surface area contributed by atoms with Crippen molar-refractivity contribution in [1.29, 1.82) is 0 Å². The lowest BCUT2D eigenvalue weighted by molar-refractivity contribution is 0.328. The average molecular weight is 243 g/mol. The first kappa shape index (κ1) is 12.4. The van der Waals surface area contributed by atoms with E-state index in [0.717, 1.165) is 17.3 Å². The van der Waals surface area contributed by atoms with Crippen LogP contribution in [0.5, 0.6) is 5.75 Å². The molecule has 0 aliphatic rings. The largest absolute Gasteiger partial charge is 0.492 e. The topological polar surface area (TPSA) is 51.4 Å². The number of aromatic nitrogens is 1. The van der Waals surface area contributed by atoms with Crippen LogP contribution in [0.1, 0.15) is 0 Å². The molecular formula is C14H17N3O. The molecule has 0 aliphatic heterocycles. The third kappa shape index (κ3) is 2.99. The number of benzene rings is 1. The van der Waals surface area contributed by atoms with Crippen LogP contribution in [0.25, 0.3) is 0 Å². The third-order valence-corrected chi connectivity index (χ3v) is 2.60. The Kier molecular flexibility index (Phi) is 4.15. The van der Waals surface area contributed by atoms with Gasteiger partial charge in [0.05, 0.1) is 0 Å². The summed E-state index contributed by atoms with van der Waals surface area (Å²) >= 11 is 0. The van der Waals surface area contributed by atoms with Gasteiger partial charge in [0, 0.05) is 25.5 Å². The first-order valence-corrected chi connectivity index (χ1v) is 5.89. The molecule has 2 aromatic rings. The van der Waals surface area contributed by atoms with Crippen molar-refractivity contribution in [2.45, 2.75) is 0 Å². The van der Waals surface area contributed by atoms with E-state index in [9.17, 15) is 0 Å². The third-order valence-electron chi connectivity index (χ3n) is 2.60. The Morgan fingerprint density at radius 2 is 1.94 bits per heavy atom. The van der Waals surface area contributed by atoms with E-state index in [-0.39, 0.29) is 0 Å². The minimum absolute atomic E-state index is 0.523. The predicted octanol–water partition coefficient (Wildman–Crippen LogP) is 2.19. The summed E-state index contributed by atoms with van der Waals surface area (Å²) in [5, 5.41) is 0. The molecule has 1 heterocycles. The average Bonchev–Trinajstić information content (AvgIpc) is 2.46. The maximum Gasteiger partial charge on any atom is 0.132 e. The number of rotatable bonds is 5. The van der Waals surface area contributed by atoms with E-state index in [1.165, 1.54) is 0 Å². The second-order valence-electron chi connectivity index (χ2n) is 3.88. The van der Waals surface area contributed by atoms with Crippen molar-refractivity contribution in [2.24, 2.45) is 5.73 Å². The van der Waals surface area contributed by atoms with Gasteiger partial charge in [-0.15, -0.1) is 0 Å². The molecule has 1 aromatic carbocycles. The van der Waals surface area contributed by atoms with Gasteiger partial charge in [-0.3, -0.25) is 0 Å². The van der Waals surface area contributed by atoms with E-state index in [1.807, 2.05) is 54.4 Å². The van der Waals surface area contributed by atoms with Crippen LogP contribution in [0.2, 0.25) is 0 Å². The van der Waals surface area contributed by atoms with Gasteiger partial charge in [-0.2, -0.15) is 0 Å². The number of hydrogen-bond acceptors (Lipinski definition) is 4. The van der Waals surface area contributed by atoms with Gasteiger partial charge in [0.25, 0.3) is 0 Å². The van der Waals surface area contributed by atoms with E-state index in [0.29, 0.717) is 13.2 Å². The lowest BCUT2D eigenvalue weighted by atomic mass is 10.2. The Hall–Kier alpha value is -2.07. The molecule has 2 N–H and O–H groups in total. The molecule has 4 heteroatoms. The van der Waals surface area contributed by atoms with Crippen LogP contribution >= 0.6 is 0 Å². The van der Waals surface area contributed by atoms with Crippen molar-refractivity contribution in [3.63, 3.8) is 0 Å². The zero-order chi connectivity index (χ0) is 12.8. The highest BCUT2D eigenvalue weighted by Gasteiger charge is 2.04. The number of ether oxygens (including phenoxy) is 1. The number of hydrogen-bond donors (Lipinski definition) is 1. The molecule has 0 bridgehead atoms. The molecule has 18 heavy (non-hydrogen) atoms. The molecular weight excluding hydrogens is 226 g/mol. The molecule has 0 amide bonds. The Morgan fingerprint density at radius 1 is 1.17 bits per heavy atom. The van der Waals surface area contributed by atoms with Gasteiger partial charge in [0.15, 0.2) is 0 Å². The molecule has 0 radical (unpaired) electrons. The van der Waals surface area contributed by atoms with Crippen molar-refractivity contribution >= 4 is 11.5 Å². The van der Waals surface area contributed by atoms with Crippen LogP contribution in [0.3, 0.4) is 0 Å². The summed E-state index contributed by atoms with van der Waals surface area (Å²) in [5.74, 6) is 1.74. The summed E-state index contributed by atoms with van der Waals surface area (Å²) in [4.78, 5) is 6.33. The Labute approximate surface area is 107 Å². The summed E-state index contributed by atoms with van der Waals surface area (Å²) in [6, 6.07) is 13.7. The monoisotopic (exact) mass is 243 g/mol. The first-order chi connectivity index (χ1) is 8.81. The molecule has 0 atom stereocenters. The molecule has 0 saturated carbocycles. The molecule has 2 rings (SSSR count). The SMILES string of the molecule is CN(c1ccc(OCCN)cc1)c1ccccn1. The summed E-state index contributed by atoms with van der Waals surface area (Å²) in [7, 11) is 1.98. The van der Waals surface area contributed by atoms with Crippen molar-refractivity contribution in [3.05, 3.63) is 48.7 Å². The number of pyridine rings is 1. The number of nitrogens with zero attached hydrogens (tertiary/aromatic N) is 2. The Balaban J connectivity index is 2.09. The second-order valence-corrected chi connectivity index (χ2v) is 3.88. The zero-order valence-electron chi connectivity index (χ0n) is 10.4. The quantitative estimate of drug-likeness (QED) is 0.874. The van der Waals surface area contributed by atoms with E-state index in [1.54, 1.807) is 6.20 Å². The smallest absolute Gasteiger partial charge is 0.132 e. The summed E-state index contributed by atoms with van der Waals surface area (Å²) < 4.78 is 5.44. The second kappa shape index (κ2) is 6.02. The van der Waals surface area contributed by atoms with Crippen LogP contribution in [0, 0.1) is 0 Å². The lowest BCUT2D eigenvalue weighted by Gasteiger charge is -2.18. The van der Waals surface area contributed by atoms with Crippen LogP contribution < -0.4 is 15.4 Å². The Morgan fingerprint density at radius 3 is 2.56 bits per heavy atom. The van der Waals surface area contributed by atoms with Crippen LogP contribution in [-0.2, 0) is 0 Å². The zero-order valence-corrected chi connectivity index (χ0v) is 10.4. The van der Waals surface area contributed by atoms with Crippen molar-refractivity contribution in [2.75, 3.05) is 25.1 Å². The maximum atomic E-state index is 5.44. The summed E-state index contributed by atoms with van der Waals surface area (Å²) in [6.45, 7) is 1.06. The molecule has 94 valence electrons. The van der Waals surface area contributed by atoms with Gasteiger partial charge in [0.2, 0.25) is 0 Å². The fourth-order valence-corrected chi connectivity index (χ4v) is 1.63. The van der Waals surface area contributed by atoms with Gasteiger partial charge in [0.1, 0.15) is 18.2 Å². The molecule has 0 spiro atoms. The molecule has 0 saturated heterocycles. The van der Waals surface area contributed by atoms with Gasteiger partial charge < -0.3 is 15.4 Å². The van der Waals surface area contributed by atoms with E-state index < -0.39 is 0 Å². The highest BCUT2D eigenvalue weighted by molar-refractivity contribution is 5.59. The molecule has 0 aliphatic carbocycles. The van der Waals surface area contributed by atoms with E-state index in [4.69, 9.17) is 10.5 Å². The number of nitrogens with two attached hydrogens (primary N) is 1. The standard InChI is InChI=1S/C14H17N3O/c1-17(14-4-2-3-10-16-14)12-5-7-13(8-6-12)18-11-9-15/h2-8,10H,9,11,15H2,1H3. The lowest BCUT2D eigenvalue weighted by Crippen LogP contribution is -2.12. The van der Waals surface area contributed by atoms with Crippen molar-refractivity contribution in [3.8, 4) is 5.75 Å². The van der Waals surface area contributed by atoms with Crippen LogP contribution in [-0.4, -0.2) is 25.2 Å².